The lowest BCUT2D eigenvalue weighted by molar-refractivity contribution is -0.143. The maximum Gasteiger partial charge on any atom is 0.254 e. The van der Waals surface area contributed by atoms with Gasteiger partial charge in [0.1, 0.15) is 5.82 Å². The van der Waals surface area contributed by atoms with Crippen LogP contribution in [0.15, 0.2) is 61.1 Å². The van der Waals surface area contributed by atoms with Gasteiger partial charge >= 0.3 is 0 Å². The quantitative estimate of drug-likeness (QED) is 0.622. The number of hydrogen-bond acceptors (Lipinski definition) is 2. The van der Waals surface area contributed by atoms with Crippen LogP contribution in [0, 0.1) is 5.82 Å². The monoisotopic (exact) mass is 397 g/mol. The summed E-state index contributed by atoms with van der Waals surface area (Å²) in [5.74, 6) is -0.305. The summed E-state index contributed by atoms with van der Waals surface area (Å²) in [5.41, 5.74) is 1.69. The number of fused-ring (bicyclic) bond motifs is 1. The van der Waals surface area contributed by atoms with Crippen LogP contribution in [0.5, 0.6) is 0 Å². The number of carbonyl (C=O) groups excluding carboxylic acids is 1. The van der Waals surface area contributed by atoms with E-state index in [1.54, 1.807) is 24.7 Å². The van der Waals surface area contributed by atoms with E-state index in [1.165, 1.54) is 12.1 Å². The van der Waals surface area contributed by atoms with Crippen LogP contribution in [-0.4, -0.2) is 20.4 Å². The standard InChI is InChI=1S/C22H21ClFN3O/c1-2-11-22(19-5-3-4-6-20(19)23)21(28)26(14-18-12-25-15-27(18)22)13-16-7-9-17(24)10-8-16/h3-10,12,15H,2,11,13-14H2,1H3. The van der Waals surface area contributed by atoms with Crippen molar-refractivity contribution >= 4 is 17.5 Å². The molecule has 0 spiro atoms. The van der Waals surface area contributed by atoms with E-state index < -0.39 is 5.54 Å². The summed E-state index contributed by atoms with van der Waals surface area (Å²) in [4.78, 5) is 20.0. The van der Waals surface area contributed by atoms with Gasteiger partial charge in [-0.25, -0.2) is 9.37 Å². The second kappa shape index (κ2) is 7.40. The molecule has 0 radical (unpaired) electrons. The molecule has 6 heteroatoms. The van der Waals surface area contributed by atoms with Crippen molar-refractivity contribution in [2.45, 2.75) is 38.4 Å². The van der Waals surface area contributed by atoms with E-state index in [1.807, 2.05) is 33.7 Å². The molecule has 4 nitrogen and oxygen atoms in total. The lowest BCUT2D eigenvalue weighted by Gasteiger charge is -2.44. The molecular formula is C22H21ClFN3O. The average Bonchev–Trinajstić information content (AvgIpc) is 3.16. The number of nitrogens with zero attached hydrogens (tertiary/aromatic N) is 3. The Morgan fingerprint density at radius 1 is 1.18 bits per heavy atom. The molecule has 0 fully saturated rings. The fourth-order valence-corrected chi connectivity index (χ4v) is 4.41. The molecule has 0 aliphatic carbocycles. The molecule has 2 heterocycles. The molecule has 1 atom stereocenters. The van der Waals surface area contributed by atoms with Gasteiger partial charge in [0.25, 0.3) is 5.91 Å². The molecule has 1 unspecified atom stereocenters. The van der Waals surface area contributed by atoms with Crippen molar-refractivity contribution < 1.29 is 9.18 Å². The molecule has 0 saturated carbocycles. The number of benzene rings is 2. The summed E-state index contributed by atoms with van der Waals surface area (Å²) < 4.78 is 15.3. The minimum Gasteiger partial charge on any atom is -0.330 e. The van der Waals surface area contributed by atoms with Crippen LogP contribution >= 0.6 is 11.6 Å². The molecule has 3 aromatic rings. The third-order valence-electron chi connectivity index (χ3n) is 5.34. The summed E-state index contributed by atoms with van der Waals surface area (Å²) in [5, 5.41) is 0.563. The Balaban J connectivity index is 1.83. The number of imidazole rings is 1. The first-order chi connectivity index (χ1) is 13.6. The Bertz CT molecular complexity index is 1000. The summed E-state index contributed by atoms with van der Waals surface area (Å²) in [7, 11) is 0. The second-order valence-electron chi connectivity index (χ2n) is 7.13. The van der Waals surface area contributed by atoms with Gasteiger partial charge in [0.15, 0.2) is 5.54 Å². The Morgan fingerprint density at radius 2 is 1.93 bits per heavy atom. The zero-order valence-electron chi connectivity index (χ0n) is 15.6. The molecule has 0 saturated heterocycles. The van der Waals surface area contributed by atoms with E-state index in [-0.39, 0.29) is 11.7 Å². The summed E-state index contributed by atoms with van der Waals surface area (Å²) >= 11 is 6.56. The van der Waals surface area contributed by atoms with Crippen molar-refractivity contribution in [3.05, 3.63) is 88.7 Å². The number of carbonyl (C=O) groups is 1. The molecule has 1 aliphatic heterocycles. The molecule has 28 heavy (non-hydrogen) atoms. The highest BCUT2D eigenvalue weighted by Crippen LogP contribution is 2.41. The van der Waals surface area contributed by atoms with E-state index >= 15 is 0 Å². The Labute approximate surface area is 168 Å². The summed E-state index contributed by atoms with van der Waals surface area (Å²) in [6.07, 6.45) is 4.94. The SMILES string of the molecule is CCCC1(c2ccccc2Cl)C(=O)N(Cc2ccc(F)cc2)Cc2cncn21. The van der Waals surface area contributed by atoms with Crippen molar-refractivity contribution in [2.24, 2.45) is 0 Å². The molecule has 0 bridgehead atoms. The molecule has 4 rings (SSSR count). The fraction of sp³-hybridized carbons (Fsp3) is 0.273. The zero-order chi connectivity index (χ0) is 19.7. The van der Waals surface area contributed by atoms with Gasteiger partial charge in [-0.15, -0.1) is 0 Å². The van der Waals surface area contributed by atoms with Crippen molar-refractivity contribution in [1.29, 1.82) is 0 Å². The maximum atomic E-state index is 13.9. The van der Waals surface area contributed by atoms with Crippen LogP contribution in [-0.2, 0) is 23.4 Å². The average molecular weight is 398 g/mol. The van der Waals surface area contributed by atoms with E-state index in [4.69, 9.17) is 11.6 Å². The number of rotatable bonds is 5. The first-order valence-electron chi connectivity index (χ1n) is 9.37. The van der Waals surface area contributed by atoms with Gasteiger partial charge in [-0.3, -0.25) is 4.79 Å². The lowest BCUT2D eigenvalue weighted by Crippen LogP contribution is -2.55. The Morgan fingerprint density at radius 3 is 2.64 bits per heavy atom. The van der Waals surface area contributed by atoms with Crippen LogP contribution in [0.4, 0.5) is 4.39 Å². The highest BCUT2D eigenvalue weighted by atomic mass is 35.5. The van der Waals surface area contributed by atoms with Gasteiger partial charge in [0.2, 0.25) is 0 Å². The maximum absolute atomic E-state index is 13.9. The zero-order valence-corrected chi connectivity index (χ0v) is 16.4. The Hall–Kier alpha value is -2.66. The smallest absolute Gasteiger partial charge is 0.254 e. The molecular weight excluding hydrogens is 377 g/mol. The first-order valence-corrected chi connectivity index (χ1v) is 9.74. The molecule has 144 valence electrons. The topological polar surface area (TPSA) is 38.1 Å². The van der Waals surface area contributed by atoms with Crippen LogP contribution in [0.2, 0.25) is 5.02 Å². The van der Waals surface area contributed by atoms with Gasteiger partial charge in [0.05, 0.1) is 18.6 Å². The van der Waals surface area contributed by atoms with Crippen molar-refractivity contribution in [1.82, 2.24) is 14.5 Å². The number of hydrogen-bond donors (Lipinski definition) is 0. The molecule has 0 N–H and O–H groups in total. The van der Waals surface area contributed by atoms with Crippen LogP contribution < -0.4 is 0 Å². The normalized spacial score (nSPS) is 19.0. The van der Waals surface area contributed by atoms with Gasteiger partial charge in [-0.05, 0) is 30.2 Å². The summed E-state index contributed by atoms with van der Waals surface area (Å²) in [6, 6.07) is 13.8. The third-order valence-corrected chi connectivity index (χ3v) is 5.67. The van der Waals surface area contributed by atoms with E-state index in [2.05, 4.69) is 11.9 Å². The van der Waals surface area contributed by atoms with E-state index in [0.29, 0.717) is 24.5 Å². The predicted octanol–water partition coefficient (Wildman–Crippen LogP) is 4.76. The van der Waals surface area contributed by atoms with E-state index in [9.17, 15) is 9.18 Å². The van der Waals surface area contributed by atoms with Crippen LogP contribution in [0.3, 0.4) is 0 Å². The van der Waals surface area contributed by atoms with Crippen molar-refractivity contribution in [2.75, 3.05) is 0 Å². The van der Waals surface area contributed by atoms with Gasteiger partial charge < -0.3 is 9.47 Å². The summed E-state index contributed by atoms with van der Waals surface area (Å²) in [6.45, 7) is 2.91. The first kappa shape index (κ1) is 18.7. The van der Waals surface area contributed by atoms with Gasteiger partial charge in [0, 0.05) is 23.3 Å². The number of halogens is 2. The molecule has 1 aliphatic rings. The van der Waals surface area contributed by atoms with Gasteiger partial charge in [-0.1, -0.05) is 55.3 Å². The minimum atomic E-state index is -0.933. The predicted molar refractivity (Wildman–Crippen MR) is 106 cm³/mol. The minimum absolute atomic E-state index is 0.0164. The number of aromatic nitrogens is 2. The van der Waals surface area contributed by atoms with Gasteiger partial charge in [-0.2, -0.15) is 0 Å². The van der Waals surface area contributed by atoms with Crippen molar-refractivity contribution in [3.8, 4) is 0 Å². The van der Waals surface area contributed by atoms with Crippen molar-refractivity contribution in [3.63, 3.8) is 0 Å². The molecule has 1 amide bonds. The van der Waals surface area contributed by atoms with Crippen LogP contribution in [0.25, 0.3) is 0 Å². The van der Waals surface area contributed by atoms with E-state index in [0.717, 1.165) is 23.2 Å². The fourth-order valence-electron chi connectivity index (χ4n) is 4.12. The highest BCUT2D eigenvalue weighted by molar-refractivity contribution is 6.31. The van der Waals surface area contributed by atoms with Crippen LogP contribution in [0.1, 0.15) is 36.6 Å². The second-order valence-corrected chi connectivity index (χ2v) is 7.54. The Kier molecular flexibility index (Phi) is 4.94. The molecule has 1 aromatic heterocycles. The third kappa shape index (κ3) is 3.00. The largest absolute Gasteiger partial charge is 0.330 e. The highest BCUT2D eigenvalue weighted by Gasteiger charge is 2.48. The molecule has 2 aromatic carbocycles. The lowest BCUT2D eigenvalue weighted by atomic mass is 9.81. The number of amides is 1.